The molecule has 3 amide bonds. The molecule has 3 fully saturated rings. The summed E-state index contributed by atoms with van der Waals surface area (Å²) in [5.74, 6) is -1.04. The third-order valence-corrected chi connectivity index (χ3v) is 8.98. The van der Waals surface area contributed by atoms with Crippen molar-refractivity contribution in [2.45, 2.75) is 43.8 Å². The molecule has 4 heterocycles. The van der Waals surface area contributed by atoms with Crippen LogP contribution in [-0.2, 0) is 9.59 Å². The molecule has 6 rings (SSSR count). The van der Waals surface area contributed by atoms with Gasteiger partial charge in [-0.2, -0.15) is 0 Å². The molecule has 0 saturated carbocycles. The predicted octanol–water partition coefficient (Wildman–Crippen LogP) is 3.31. The number of fused-ring (bicyclic) bond motifs is 2. The number of nitrogens with zero attached hydrogens (tertiary/aromatic N) is 4. The van der Waals surface area contributed by atoms with Crippen molar-refractivity contribution in [1.29, 1.82) is 0 Å². The van der Waals surface area contributed by atoms with Crippen molar-refractivity contribution in [3.05, 3.63) is 52.8 Å². The summed E-state index contributed by atoms with van der Waals surface area (Å²) in [5.41, 5.74) is 1.54. The Bertz CT molecular complexity index is 1310. The van der Waals surface area contributed by atoms with Gasteiger partial charge in [0, 0.05) is 29.7 Å². The van der Waals surface area contributed by atoms with Crippen LogP contribution < -0.4 is 5.32 Å². The fraction of sp³-hybridized carbons (Fsp3) is 0.483. The minimum Gasteiger partial charge on any atom is -0.337 e. The summed E-state index contributed by atoms with van der Waals surface area (Å²) in [6.45, 7) is 3.82. The van der Waals surface area contributed by atoms with Gasteiger partial charge in [-0.25, -0.2) is 4.39 Å². The Kier molecular flexibility index (Phi) is 7.07. The van der Waals surface area contributed by atoms with Crippen molar-refractivity contribution in [1.82, 2.24) is 19.6 Å². The molecule has 0 radical (unpaired) electrons. The number of piperazine rings is 1. The highest BCUT2D eigenvalue weighted by atomic mass is 35.5. The highest BCUT2D eigenvalue weighted by Gasteiger charge is 2.44. The number of nitrogens with one attached hydrogen (secondary N) is 1. The average Bonchev–Trinajstić information content (AvgIpc) is 3.39. The number of amides is 3. The number of carbonyl (C=O) groups is 3. The van der Waals surface area contributed by atoms with E-state index in [2.05, 4.69) is 22.2 Å². The predicted molar refractivity (Wildman–Crippen MR) is 147 cm³/mol. The molecule has 3 saturated heterocycles. The highest BCUT2D eigenvalue weighted by molar-refractivity contribution is 6.30. The van der Waals surface area contributed by atoms with Crippen LogP contribution >= 0.6 is 11.6 Å². The fourth-order valence-electron chi connectivity index (χ4n) is 6.57. The molecule has 0 unspecified atom stereocenters. The zero-order valence-electron chi connectivity index (χ0n) is 22.0. The van der Waals surface area contributed by atoms with Gasteiger partial charge in [0.05, 0.1) is 23.8 Å². The Balaban J connectivity index is 1.20. The second-order valence-electron chi connectivity index (χ2n) is 11.1. The van der Waals surface area contributed by atoms with Gasteiger partial charge in [-0.15, -0.1) is 0 Å². The number of hydrogen-bond acceptors (Lipinski definition) is 5. The van der Waals surface area contributed by atoms with Crippen molar-refractivity contribution in [3.8, 4) is 11.1 Å². The summed E-state index contributed by atoms with van der Waals surface area (Å²) < 4.78 is 14.6. The van der Waals surface area contributed by atoms with Crippen molar-refractivity contribution in [3.63, 3.8) is 0 Å². The normalized spacial score (nSPS) is 24.8. The zero-order chi connectivity index (χ0) is 27.3. The zero-order valence-corrected chi connectivity index (χ0v) is 22.8. The molecule has 2 atom stereocenters. The first-order valence-corrected chi connectivity index (χ1v) is 14.1. The van der Waals surface area contributed by atoms with E-state index in [0.717, 1.165) is 45.3 Å². The van der Waals surface area contributed by atoms with E-state index in [0.29, 0.717) is 35.0 Å². The molecule has 0 aliphatic carbocycles. The molecule has 0 aromatic heterocycles. The van der Waals surface area contributed by atoms with Gasteiger partial charge in [-0.3, -0.25) is 19.3 Å². The van der Waals surface area contributed by atoms with Crippen LogP contribution in [0, 0.1) is 5.82 Å². The minimum atomic E-state index is -0.781. The molecule has 1 N–H and O–H groups in total. The highest BCUT2D eigenvalue weighted by Crippen LogP contribution is 2.33. The lowest BCUT2D eigenvalue weighted by Crippen LogP contribution is -2.62. The first-order chi connectivity index (χ1) is 18.8. The maximum Gasteiger partial charge on any atom is 0.256 e. The van der Waals surface area contributed by atoms with E-state index in [-0.39, 0.29) is 41.9 Å². The minimum absolute atomic E-state index is 0.0635. The average molecular weight is 554 g/mol. The number of benzene rings is 2. The number of likely N-dealkylation sites (tertiary alicyclic amines) is 2. The molecular weight excluding hydrogens is 521 g/mol. The van der Waals surface area contributed by atoms with Gasteiger partial charge >= 0.3 is 0 Å². The number of halogens is 2. The lowest BCUT2D eigenvalue weighted by molar-refractivity contribution is -0.141. The van der Waals surface area contributed by atoms with E-state index >= 15 is 0 Å². The van der Waals surface area contributed by atoms with Gasteiger partial charge in [0.2, 0.25) is 11.8 Å². The van der Waals surface area contributed by atoms with Gasteiger partial charge in [-0.1, -0.05) is 17.7 Å². The van der Waals surface area contributed by atoms with Gasteiger partial charge in [-0.05, 0) is 88.3 Å². The van der Waals surface area contributed by atoms with E-state index in [4.69, 9.17) is 11.6 Å². The molecule has 8 nitrogen and oxygen atoms in total. The van der Waals surface area contributed by atoms with E-state index in [1.807, 2.05) is 0 Å². The lowest BCUT2D eigenvalue weighted by Gasteiger charge is -2.43. The molecule has 0 bridgehead atoms. The van der Waals surface area contributed by atoms with Crippen LogP contribution in [-0.4, -0.2) is 102 Å². The Labute approximate surface area is 232 Å². The number of carbonyl (C=O) groups excluding carboxylic acids is 3. The molecule has 10 heteroatoms. The van der Waals surface area contributed by atoms with Crippen LogP contribution in [0.4, 0.5) is 10.1 Å². The summed E-state index contributed by atoms with van der Waals surface area (Å²) in [7, 11) is 2.14. The molecule has 2 aromatic carbocycles. The Hall–Kier alpha value is -3.01. The topological polar surface area (TPSA) is 76.2 Å². The molecule has 0 spiro atoms. The van der Waals surface area contributed by atoms with Crippen molar-refractivity contribution in [2.75, 3.05) is 51.6 Å². The van der Waals surface area contributed by atoms with Crippen molar-refractivity contribution in [2.24, 2.45) is 0 Å². The molecule has 2 aromatic rings. The molecule has 4 aliphatic heterocycles. The van der Waals surface area contributed by atoms with Gasteiger partial charge in [0.15, 0.2) is 0 Å². The molecular formula is C29H33ClFN5O3. The smallest absolute Gasteiger partial charge is 0.256 e. The number of rotatable bonds is 3. The van der Waals surface area contributed by atoms with E-state index in [9.17, 15) is 18.8 Å². The first-order valence-electron chi connectivity index (χ1n) is 13.7. The fourth-order valence-corrected chi connectivity index (χ4v) is 6.73. The quantitative estimate of drug-likeness (QED) is 0.631. The summed E-state index contributed by atoms with van der Waals surface area (Å²) in [6.07, 6.45) is 3.95. The number of hydrogen-bond donors (Lipinski definition) is 1. The van der Waals surface area contributed by atoms with E-state index < -0.39 is 11.9 Å². The summed E-state index contributed by atoms with van der Waals surface area (Å²) in [4.78, 5) is 48.7. The van der Waals surface area contributed by atoms with Crippen LogP contribution in [0.3, 0.4) is 0 Å². The Morgan fingerprint density at radius 2 is 1.77 bits per heavy atom. The van der Waals surface area contributed by atoms with Crippen LogP contribution in [0.2, 0.25) is 5.02 Å². The van der Waals surface area contributed by atoms with Gasteiger partial charge in [0.1, 0.15) is 11.9 Å². The van der Waals surface area contributed by atoms with E-state index in [1.165, 1.54) is 6.07 Å². The van der Waals surface area contributed by atoms with E-state index in [1.54, 1.807) is 40.1 Å². The molecule has 206 valence electrons. The standard InChI is InChI=1S/C29H33ClFN5O3/c1-33-11-8-20(9-12-33)35-10-2-3-25(35)29(39)34-13-14-36-26(17-34)27(37)32-24-7-4-18(15-22(24)28(36)38)21-6-5-19(30)16-23(21)31/h4-7,15-16,20,25-26H,2-3,8-14,17H2,1H3,(H,32,37)/t25-,26+/m0/s1. The Morgan fingerprint density at radius 1 is 0.974 bits per heavy atom. The Morgan fingerprint density at radius 3 is 2.54 bits per heavy atom. The summed E-state index contributed by atoms with van der Waals surface area (Å²) in [6, 6.07) is 8.79. The van der Waals surface area contributed by atoms with Crippen molar-refractivity contribution < 1.29 is 18.8 Å². The third-order valence-electron chi connectivity index (χ3n) is 8.74. The lowest BCUT2D eigenvalue weighted by atomic mass is 10.0. The van der Waals surface area contributed by atoms with Crippen LogP contribution in [0.1, 0.15) is 36.0 Å². The number of piperidine rings is 1. The van der Waals surface area contributed by atoms with Crippen LogP contribution in [0.15, 0.2) is 36.4 Å². The maximum absolute atomic E-state index is 14.6. The second kappa shape index (κ2) is 10.5. The SMILES string of the molecule is CN1CCC(N2CCC[C@H]2C(=O)N2CCN3C(=O)c4cc(-c5ccc(Cl)cc5F)ccc4NC(=O)[C@H]3C2)CC1. The van der Waals surface area contributed by atoms with Crippen molar-refractivity contribution >= 4 is 35.0 Å². The number of anilines is 1. The third kappa shape index (κ3) is 4.92. The largest absolute Gasteiger partial charge is 0.337 e. The van der Waals surface area contributed by atoms with Crippen LogP contribution in [0.5, 0.6) is 0 Å². The van der Waals surface area contributed by atoms with Gasteiger partial charge in [0.25, 0.3) is 5.91 Å². The second-order valence-corrected chi connectivity index (χ2v) is 11.5. The summed E-state index contributed by atoms with van der Waals surface area (Å²) >= 11 is 5.90. The maximum atomic E-state index is 14.6. The monoisotopic (exact) mass is 553 g/mol. The molecule has 39 heavy (non-hydrogen) atoms. The summed E-state index contributed by atoms with van der Waals surface area (Å²) in [5, 5.41) is 3.17. The first kappa shape index (κ1) is 26.2. The van der Waals surface area contributed by atoms with Gasteiger partial charge < -0.3 is 20.0 Å². The molecule has 4 aliphatic rings. The van der Waals surface area contributed by atoms with Crippen LogP contribution in [0.25, 0.3) is 11.1 Å².